The minimum atomic E-state index is -0.465. The summed E-state index contributed by atoms with van der Waals surface area (Å²) in [6, 6.07) is 16.3. The van der Waals surface area contributed by atoms with Crippen LogP contribution in [0.1, 0.15) is 30.6 Å². The number of fused-ring (bicyclic) bond motifs is 1. The Labute approximate surface area is 226 Å². The Morgan fingerprint density at radius 1 is 0.971 bits per heavy atom. The predicted octanol–water partition coefficient (Wildman–Crippen LogP) is 5.50. The van der Waals surface area contributed by atoms with Crippen molar-refractivity contribution < 1.29 is 19.1 Å². The van der Waals surface area contributed by atoms with Crippen molar-refractivity contribution >= 4 is 71.8 Å². The topological polar surface area (TPSA) is 88.7 Å². The summed E-state index contributed by atoms with van der Waals surface area (Å²) in [7, 11) is 0. The second kappa shape index (κ2) is 12.9. The molecule has 0 aliphatic heterocycles. The summed E-state index contributed by atoms with van der Waals surface area (Å²) in [5.41, 5.74) is 5.31. The molecule has 0 aromatic heterocycles. The van der Waals surface area contributed by atoms with Crippen molar-refractivity contribution in [3.8, 4) is 11.5 Å². The van der Waals surface area contributed by atoms with Gasteiger partial charge in [-0.3, -0.25) is 25.8 Å². The summed E-state index contributed by atoms with van der Waals surface area (Å²) in [4.78, 5) is 24.5. The summed E-state index contributed by atoms with van der Waals surface area (Å²) in [6.07, 6.45) is 0.955. The molecule has 0 aliphatic carbocycles. The number of nitrogens with one attached hydrogen (secondary N) is 3. The standard InChI is InChI=1S/C25H25Br2N3O4S/c1-15(2)11-12-33-19-7-3-16(4-8-19)24(32)28-25(35)30-29-22(31)14-34-21-10-5-17-13-18(26)6-9-20(17)23(21)27/h3-10,13,15H,11-12,14H2,1-2H3,(H,29,31)(H2,28,30,32,35). The van der Waals surface area contributed by atoms with Crippen LogP contribution in [0.3, 0.4) is 0 Å². The molecule has 3 aromatic rings. The third kappa shape index (κ3) is 8.19. The monoisotopic (exact) mass is 621 g/mol. The number of halogens is 2. The lowest BCUT2D eigenvalue weighted by Gasteiger charge is -2.13. The molecule has 0 spiro atoms. The van der Waals surface area contributed by atoms with E-state index in [4.69, 9.17) is 21.7 Å². The van der Waals surface area contributed by atoms with Gasteiger partial charge in [-0.1, -0.05) is 41.9 Å². The number of rotatable bonds is 8. The highest BCUT2D eigenvalue weighted by Gasteiger charge is 2.11. The first-order chi connectivity index (χ1) is 16.7. The number of carbonyl (C=O) groups is 2. The fourth-order valence-corrected chi connectivity index (χ4v) is 4.11. The van der Waals surface area contributed by atoms with Crippen LogP contribution in [0.15, 0.2) is 63.5 Å². The number of benzene rings is 3. The molecule has 0 fully saturated rings. The molecule has 3 aromatic carbocycles. The summed E-state index contributed by atoms with van der Waals surface area (Å²) in [5, 5.41) is 4.46. The highest BCUT2D eigenvalue weighted by atomic mass is 79.9. The van der Waals surface area contributed by atoms with Crippen molar-refractivity contribution in [3.05, 3.63) is 69.1 Å². The molecule has 0 radical (unpaired) electrons. The smallest absolute Gasteiger partial charge is 0.276 e. The van der Waals surface area contributed by atoms with Crippen LogP contribution in [0.2, 0.25) is 0 Å². The van der Waals surface area contributed by atoms with Gasteiger partial charge in [-0.15, -0.1) is 0 Å². The van der Waals surface area contributed by atoms with Crippen LogP contribution in [0.4, 0.5) is 0 Å². The zero-order chi connectivity index (χ0) is 25.4. The number of hydrogen-bond donors (Lipinski definition) is 3. The molecule has 35 heavy (non-hydrogen) atoms. The van der Waals surface area contributed by atoms with E-state index >= 15 is 0 Å². The number of hydrogen-bond acceptors (Lipinski definition) is 5. The van der Waals surface area contributed by atoms with E-state index in [-0.39, 0.29) is 11.7 Å². The van der Waals surface area contributed by atoms with Gasteiger partial charge in [0.05, 0.1) is 11.1 Å². The summed E-state index contributed by atoms with van der Waals surface area (Å²) >= 11 is 12.1. The lowest BCUT2D eigenvalue weighted by Crippen LogP contribution is -2.49. The van der Waals surface area contributed by atoms with E-state index in [9.17, 15) is 9.59 Å². The first kappa shape index (κ1) is 26.9. The molecule has 2 amide bonds. The molecule has 0 bridgehead atoms. The first-order valence-electron chi connectivity index (χ1n) is 10.9. The van der Waals surface area contributed by atoms with Crippen LogP contribution in [0.25, 0.3) is 10.8 Å². The van der Waals surface area contributed by atoms with Gasteiger partial charge in [0.15, 0.2) is 11.7 Å². The van der Waals surface area contributed by atoms with Gasteiger partial charge in [-0.25, -0.2) is 0 Å². The maximum atomic E-state index is 12.4. The van der Waals surface area contributed by atoms with Gasteiger partial charge in [0, 0.05) is 10.0 Å². The molecular formula is C25H25Br2N3O4S. The van der Waals surface area contributed by atoms with Crippen LogP contribution in [-0.2, 0) is 4.79 Å². The van der Waals surface area contributed by atoms with Crippen LogP contribution < -0.4 is 25.6 Å². The first-order valence-corrected chi connectivity index (χ1v) is 12.9. The highest BCUT2D eigenvalue weighted by molar-refractivity contribution is 9.11. The fourth-order valence-electron chi connectivity index (χ4n) is 2.98. The molecule has 0 unspecified atom stereocenters. The number of hydrazine groups is 1. The van der Waals surface area contributed by atoms with Crippen molar-refractivity contribution in [2.45, 2.75) is 20.3 Å². The SMILES string of the molecule is CC(C)CCOc1ccc(C(=O)NC(=S)NNC(=O)COc2ccc3cc(Br)ccc3c2Br)cc1. The molecule has 10 heteroatoms. The third-order valence-electron chi connectivity index (χ3n) is 4.86. The Hall–Kier alpha value is -2.69. The van der Waals surface area contributed by atoms with Gasteiger partial charge >= 0.3 is 0 Å². The van der Waals surface area contributed by atoms with E-state index in [1.807, 2.05) is 24.3 Å². The Kier molecular flexibility index (Phi) is 9.88. The van der Waals surface area contributed by atoms with Crippen LogP contribution >= 0.6 is 44.1 Å². The minimum Gasteiger partial charge on any atom is -0.494 e. The van der Waals surface area contributed by atoms with Gasteiger partial charge in [0.25, 0.3) is 11.8 Å². The van der Waals surface area contributed by atoms with Crippen LogP contribution in [0.5, 0.6) is 11.5 Å². The zero-order valence-electron chi connectivity index (χ0n) is 19.2. The second-order valence-corrected chi connectivity index (χ2v) is 10.2. The Balaban J connectivity index is 1.43. The number of amides is 2. The van der Waals surface area contributed by atoms with Gasteiger partial charge in [-0.2, -0.15) is 0 Å². The predicted molar refractivity (Wildman–Crippen MR) is 148 cm³/mol. The second-order valence-electron chi connectivity index (χ2n) is 8.04. The molecule has 0 heterocycles. The Morgan fingerprint density at radius 3 is 2.43 bits per heavy atom. The molecule has 184 valence electrons. The van der Waals surface area contributed by atoms with E-state index in [1.165, 1.54) is 0 Å². The molecule has 7 nitrogen and oxygen atoms in total. The van der Waals surface area contributed by atoms with E-state index < -0.39 is 11.8 Å². The van der Waals surface area contributed by atoms with Crippen molar-refractivity contribution in [3.63, 3.8) is 0 Å². The maximum Gasteiger partial charge on any atom is 0.276 e. The highest BCUT2D eigenvalue weighted by Crippen LogP contribution is 2.34. The third-order valence-corrected chi connectivity index (χ3v) is 6.38. The van der Waals surface area contributed by atoms with E-state index in [2.05, 4.69) is 61.9 Å². The fraction of sp³-hybridized carbons (Fsp3) is 0.240. The molecule has 0 saturated heterocycles. The lowest BCUT2D eigenvalue weighted by atomic mass is 10.1. The number of ether oxygens (including phenoxy) is 2. The van der Waals surface area contributed by atoms with Crippen LogP contribution in [-0.4, -0.2) is 30.1 Å². The largest absolute Gasteiger partial charge is 0.494 e. The van der Waals surface area contributed by atoms with Gasteiger partial charge in [0.1, 0.15) is 11.5 Å². The van der Waals surface area contributed by atoms with E-state index in [0.717, 1.165) is 26.1 Å². The molecule has 3 rings (SSSR count). The van der Waals surface area contributed by atoms with Crippen molar-refractivity contribution in [1.29, 1.82) is 0 Å². The molecule has 3 N–H and O–H groups in total. The van der Waals surface area contributed by atoms with E-state index in [0.29, 0.717) is 29.6 Å². The Morgan fingerprint density at radius 2 is 1.71 bits per heavy atom. The molecule has 0 aliphatic rings. The van der Waals surface area contributed by atoms with Gasteiger partial charge in [0.2, 0.25) is 0 Å². The van der Waals surface area contributed by atoms with Gasteiger partial charge in [-0.05, 0) is 93.7 Å². The average Bonchev–Trinajstić information content (AvgIpc) is 2.82. The van der Waals surface area contributed by atoms with Crippen molar-refractivity contribution in [1.82, 2.24) is 16.2 Å². The molecular weight excluding hydrogens is 598 g/mol. The summed E-state index contributed by atoms with van der Waals surface area (Å²) < 4.78 is 13.0. The maximum absolute atomic E-state index is 12.4. The average molecular weight is 623 g/mol. The molecule has 0 saturated carbocycles. The molecule has 0 atom stereocenters. The zero-order valence-corrected chi connectivity index (χ0v) is 23.2. The van der Waals surface area contributed by atoms with E-state index in [1.54, 1.807) is 30.3 Å². The number of carbonyl (C=O) groups excluding carboxylic acids is 2. The Bertz CT molecular complexity index is 1220. The van der Waals surface area contributed by atoms with Gasteiger partial charge < -0.3 is 9.47 Å². The summed E-state index contributed by atoms with van der Waals surface area (Å²) in [5.74, 6) is 0.911. The van der Waals surface area contributed by atoms with Crippen LogP contribution in [0, 0.1) is 5.92 Å². The van der Waals surface area contributed by atoms with Crippen molar-refractivity contribution in [2.24, 2.45) is 5.92 Å². The minimum absolute atomic E-state index is 0.0435. The quantitative estimate of drug-likeness (QED) is 0.227. The number of thiocarbonyl (C=S) groups is 1. The normalized spacial score (nSPS) is 10.7. The lowest BCUT2D eigenvalue weighted by molar-refractivity contribution is -0.123. The van der Waals surface area contributed by atoms with Crippen molar-refractivity contribution in [2.75, 3.05) is 13.2 Å². The summed E-state index contributed by atoms with van der Waals surface area (Å²) in [6.45, 7) is 4.64.